The highest BCUT2D eigenvalue weighted by Crippen LogP contribution is 2.25. The highest BCUT2D eigenvalue weighted by Gasteiger charge is 2.18. The average molecular weight is 356 g/mol. The number of hydrogen-bond donors (Lipinski definition) is 2. The first-order chi connectivity index (χ1) is 10.9. The van der Waals surface area contributed by atoms with Crippen molar-refractivity contribution in [3.8, 4) is 10.6 Å². The monoisotopic (exact) mass is 356 g/mol. The van der Waals surface area contributed by atoms with Gasteiger partial charge in [-0.05, 0) is 17.7 Å². The number of sulfone groups is 1. The van der Waals surface area contributed by atoms with Gasteiger partial charge in [-0.1, -0.05) is 12.1 Å². The first-order valence-corrected chi connectivity index (χ1v) is 8.93. The Balaban J connectivity index is 2.22. The van der Waals surface area contributed by atoms with E-state index in [1.165, 1.54) is 23.5 Å². The Kier molecular flexibility index (Phi) is 5.45. The lowest BCUT2D eigenvalue weighted by Crippen LogP contribution is -2.25. The van der Waals surface area contributed by atoms with E-state index in [0.29, 0.717) is 10.6 Å². The van der Waals surface area contributed by atoms with Gasteiger partial charge in [-0.3, -0.25) is 0 Å². The molecular weight excluding hydrogens is 343 g/mol. The number of amides is 1. The maximum Gasteiger partial charge on any atom is 0.404 e. The van der Waals surface area contributed by atoms with Crippen LogP contribution in [0.25, 0.3) is 10.6 Å². The van der Waals surface area contributed by atoms with Crippen molar-refractivity contribution < 1.29 is 22.7 Å². The normalized spacial score (nSPS) is 12.1. The molecule has 0 atom stereocenters. The summed E-state index contributed by atoms with van der Waals surface area (Å²) in [6.45, 7) is -0.392. The molecule has 0 saturated heterocycles. The summed E-state index contributed by atoms with van der Waals surface area (Å²) in [5.41, 5.74) is 0.475. The zero-order valence-electron chi connectivity index (χ0n) is 11.8. The Labute approximate surface area is 136 Å². The van der Waals surface area contributed by atoms with Crippen LogP contribution in [0.5, 0.6) is 0 Å². The second-order valence-corrected chi connectivity index (χ2v) is 7.43. The van der Waals surface area contributed by atoms with Gasteiger partial charge in [0, 0.05) is 23.7 Å². The van der Waals surface area contributed by atoms with Gasteiger partial charge in [0.05, 0.1) is 17.0 Å². The first-order valence-electron chi connectivity index (χ1n) is 6.40. The highest BCUT2D eigenvalue weighted by atomic mass is 32.2. The standard InChI is InChI=1S/C14H13FN2O4S2/c15-7-10(8-17-14(18)19)9-23(20,21)12-3-1-2-11(6-12)13-16-4-5-22-13/h1-7,17H,8-9H2,(H,18,19)/b10-7+. The molecule has 2 N–H and O–H groups in total. The maximum absolute atomic E-state index is 12.8. The topological polar surface area (TPSA) is 96.4 Å². The van der Waals surface area contributed by atoms with Gasteiger partial charge in [0.2, 0.25) is 0 Å². The number of carboxylic acid groups (broad SMARTS) is 1. The van der Waals surface area contributed by atoms with E-state index < -0.39 is 28.2 Å². The minimum atomic E-state index is -3.80. The van der Waals surface area contributed by atoms with E-state index in [2.05, 4.69) is 4.98 Å². The molecule has 0 aliphatic rings. The quantitative estimate of drug-likeness (QED) is 0.829. The molecule has 1 aromatic carbocycles. The summed E-state index contributed by atoms with van der Waals surface area (Å²) in [4.78, 5) is 14.6. The van der Waals surface area contributed by atoms with Gasteiger partial charge in [-0.15, -0.1) is 11.3 Å². The minimum absolute atomic E-state index is 0.0277. The Bertz CT molecular complexity index is 817. The average Bonchev–Trinajstić information content (AvgIpc) is 3.06. The maximum atomic E-state index is 12.8. The van der Waals surface area contributed by atoms with Crippen LogP contribution in [-0.4, -0.2) is 36.9 Å². The van der Waals surface area contributed by atoms with Gasteiger partial charge in [-0.25, -0.2) is 22.6 Å². The summed E-state index contributed by atoms with van der Waals surface area (Å²) < 4.78 is 37.5. The molecule has 0 saturated carbocycles. The number of carbonyl (C=O) groups is 1. The zero-order valence-corrected chi connectivity index (χ0v) is 13.4. The third-order valence-corrected chi connectivity index (χ3v) is 5.41. The fourth-order valence-corrected chi connectivity index (χ4v) is 3.87. The summed E-state index contributed by atoms with van der Waals surface area (Å²) in [5, 5.41) is 12.9. The molecule has 2 rings (SSSR count). The van der Waals surface area contributed by atoms with E-state index in [1.54, 1.807) is 23.7 Å². The van der Waals surface area contributed by atoms with E-state index in [-0.39, 0.29) is 16.8 Å². The number of aromatic nitrogens is 1. The van der Waals surface area contributed by atoms with E-state index in [0.717, 1.165) is 0 Å². The van der Waals surface area contributed by atoms with Gasteiger partial charge in [-0.2, -0.15) is 0 Å². The smallest absolute Gasteiger partial charge is 0.404 e. The van der Waals surface area contributed by atoms with Crippen LogP contribution in [0.4, 0.5) is 9.18 Å². The molecule has 23 heavy (non-hydrogen) atoms. The SMILES string of the molecule is O=C(O)NC/C(=C\F)CS(=O)(=O)c1cccc(-c2nccs2)c1. The third kappa shape index (κ3) is 4.60. The highest BCUT2D eigenvalue weighted by molar-refractivity contribution is 7.91. The lowest BCUT2D eigenvalue weighted by Gasteiger charge is -2.08. The van der Waals surface area contributed by atoms with Crippen LogP contribution in [-0.2, 0) is 9.84 Å². The molecule has 0 aliphatic carbocycles. The molecule has 0 unspecified atom stereocenters. The molecule has 1 heterocycles. The summed E-state index contributed by atoms with van der Waals surface area (Å²) in [7, 11) is -3.80. The second-order valence-electron chi connectivity index (χ2n) is 4.55. The molecule has 0 bridgehead atoms. The third-order valence-electron chi connectivity index (χ3n) is 2.87. The van der Waals surface area contributed by atoms with Crippen molar-refractivity contribution in [2.24, 2.45) is 0 Å². The number of benzene rings is 1. The largest absolute Gasteiger partial charge is 0.465 e. The lowest BCUT2D eigenvalue weighted by atomic mass is 10.2. The van der Waals surface area contributed by atoms with Gasteiger partial charge < -0.3 is 10.4 Å². The predicted molar refractivity (Wildman–Crippen MR) is 84.8 cm³/mol. The molecule has 0 spiro atoms. The summed E-state index contributed by atoms with van der Waals surface area (Å²) in [6.07, 6.45) is 0.369. The summed E-state index contributed by atoms with van der Waals surface area (Å²) >= 11 is 1.37. The van der Waals surface area contributed by atoms with Crippen molar-refractivity contribution in [3.63, 3.8) is 0 Å². The fraction of sp³-hybridized carbons (Fsp3) is 0.143. The van der Waals surface area contributed by atoms with Crippen LogP contribution < -0.4 is 5.32 Å². The van der Waals surface area contributed by atoms with Crippen LogP contribution in [0.1, 0.15) is 0 Å². The molecule has 0 radical (unpaired) electrons. The summed E-state index contributed by atoms with van der Waals surface area (Å²) in [5.74, 6) is -0.606. The van der Waals surface area contributed by atoms with Gasteiger partial charge in [0.1, 0.15) is 5.01 Å². The van der Waals surface area contributed by atoms with Crippen molar-refractivity contribution in [1.82, 2.24) is 10.3 Å². The van der Waals surface area contributed by atoms with Crippen molar-refractivity contribution in [1.29, 1.82) is 0 Å². The molecule has 0 fully saturated rings. The number of rotatable bonds is 6. The molecule has 1 amide bonds. The first kappa shape index (κ1) is 17.1. The number of thiazole rings is 1. The molecule has 2 aromatic rings. The Morgan fingerprint density at radius 3 is 2.83 bits per heavy atom. The fourth-order valence-electron chi connectivity index (χ4n) is 1.83. The van der Waals surface area contributed by atoms with E-state index in [4.69, 9.17) is 5.11 Å². The van der Waals surface area contributed by atoms with E-state index in [1.807, 2.05) is 5.32 Å². The minimum Gasteiger partial charge on any atom is -0.465 e. The lowest BCUT2D eigenvalue weighted by molar-refractivity contribution is 0.195. The number of hydrogen-bond acceptors (Lipinski definition) is 5. The van der Waals surface area contributed by atoms with Crippen LogP contribution in [0.3, 0.4) is 0 Å². The molecular formula is C14H13FN2O4S2. The van der Waals surface area contributed by atoms with Crippen molar-refractivity contribution in [2.75, 3.05) is 12.3 Å². The van der Waals surface area contributed by atoms with Gasteiger partial charge in [0.25, 0.3) is 0 Å². The number of halogens is 1. The second kappa shape index (κ2) is 7.34. The Morgan fingerprint density at radius 1 is 1.43 bits per heavy atom. The Hall–Kier alpha value is -2.26. The Morgan fingerprint density at radius 2 is 2.22 bits per heavy atom. The molecule has 122 valence electrons. The van der Waals surface area contributed by atoms with Crippen LogP contribution in [0.2, 0.25) is 0 Å². The molecule has 0 aliphatic heterocycles. The van der Waals surface area contributed by atoms with Gasteiger partial charge >= 0.3 is 6.09 Å². The van der Waals surface area contributed by atoms with E-state index in [9.17, 15) is 17.6 Å². The molecule has 6 nitrogen and oxygen atoms in total. The van der Waals surface area contributed by atoms with Crippen molar-refractivity contribution >= 4 is 27.3 Å². The van der Waals surface area contributed by atoms with Crippen LogP contribution in [0, 0.1) is 0 Å². The van der Waals surface area contributed by atoms with E-state index >= 15 is 0 Å². The van der Waals surface area contributed by atoms with Crippen molar-refractivity contribution in [3.05, 3.63) is 47.7 Å². The predicted octanol–water partition coefficient (Wildman–Crippen LogP) is 2.70. The van der Waals surface area contributed by atoms with Gasteiger partial charge in [0.15, 0.2) is 9.84 Å². The van der Waals surface area contributed by atoms with Crippen LogP contribution in [0.15, 0.2) is 52.6 Å². The van der Waals surface area contributed by atoms with Crippen LogP contribution >= 0.6 is 11.3 Å². The molecule has 9 heteroatoms. The zero-order chi connectivity index (χ0) is 16.9. The summed E-state index contributed by atoms with van der Waals surface area (Å²) in [6, 6.07) is 6.19. The number of nitrogens with one attached hydrogen (secondary N) is 1. The van der Waals surface area contributed by atoms with Crippen molar-refractivity contribution in [2.45, 2.75) is 4.90 Å². The molecule has 1 aromatic heterocycles. The number of nitrogens with zero attached hydrogens (tertiary/aromatic N) is 1.